The van der Waals surface area contributed by atoms with E-state index in [9.17, 15) is 9.59 Å². The van der Waals surface area contributed by atoms with Crippen molar-refractivity contribution in [3.05, 3.63) is 90.4 Å². The predicted octanol–water partition coefficient (Wildman–Crippen LogP) is 6.99. The van der Waals surface area contributed by atoms with Crippen molar-refractivity contribution in [3.63, 3.8) is 0 Å². The third-order valence-corrected chi connectivity index (χ3v) is 8.51. The molecule has 0 saturated heterocycles. The molecule has 5 aromatic rings. The van der Waals surface area contributed by atoms with Gasteiger partial charge in [-0.05, 0) is 60.3 Å². The molecule has 3 aromatic carbocycles. The van der Waals surface area contributed by atoms with Crippen LogP contribution < -0.4 is 5.32 Å². The Morgan fingerprint density at radius 3 is 2.49 bits per heavy atom. The van der Waals surface area contributed by atoms with Crippen molar-refractivity contribution in [2.24, 2.45) is 0 Å². The Hall–Kier alpha value is -4.34. The SMILES string of the molecule is CCOC(=O)c1ccc(NC(=O)c2nn(COCC[Si](C)(C)C)c3ccc(-c4cncc5ccccc45)cc23)cc1. The number of rotatable bonds is 10. The number of esters is 1. The highest BCUT2D eigenvalue weighted by molar-refractivity contribution is 6.76. The van der Waals surface area contributed by atoms with Crippen LogP contribution in [0.25, 0.3) is 32.8 Å². The number of hydrogen-bond donors (Lipinski definition) is 1. The molecule has 210 valence electrons. The first-order valence-electron chi connectivity index (χ1n) is 13.7. The van der Waals surface area contributed by atoms with Crippen LogP contribution in [0.3, 0.4) is 0 Å². The second-order valence-electron chi connectivity index (χ2n) is 11.1. The minimum absolute atomic E-state index is 0.248. The Bertz CT molecular complexity index is 1700. The van der Waals surface area contributed by atoms with Crippen LogP contribution in [0, 0.1) is 0 Å². The van der Waals surface area contributed by atoms with Gasteiger partial charge in [-0.2, -0.15) is 5.10 Å². The Morgan fingerprint density at radius 2 is 1.73 bits per heavy atom. The lowest BCUT2D eigenvalue weighted by Gasteiger charge is -2.15. The molecule has 0 saturated carbocycles. The molecule has 0 aliphatic rings. The Labute approximate surface area is 240 Å². The van der Waals surface area contributed by atoms with Crippen LogP contribution in [0.15, 0.2) is 79.1 Å². The lowest BCUT2D eigenvalue weighted by atomic mass is 9.99. The molecule has 2 heterocycles. The number of nitrogens with zero attached hydrogens (tertiary/aromatic N) is 3. The van der Waals surface area contributed by atoms with Crippen molar-refractivity contribution in [2.45, 2.75) is 39.3 Å². The van der Waals surface area contributed by atoms with Gasteiger partial charge in [0.05, 0.1) is 17.7 Å². The van der Waals surface area contributed by atoms with Gasteiger partial charge in [-0.3, -0.25) is 9.78 Å². The van der Waals surface area contributed by atoms with Crippen molar-refractivity contribution in [1.82, 2.24) is 14.8 Å². The van der Waals surface area contributed by atoms with Gasteiger partial charge in [-0.1, -0.05) is 50.0 Å². The van der Waals surface area contributed by atoms with E-state index in [1.807, 2.05) is 48.8 Å². The van der Waals surface area contributed by atoms with Crippen molar-refractivity contribution >= 4 is 47.3 Å². The van der Waals surface area contributed by atoms with Crippen molar-refractivity contribution in [2.75, 3.05) is 18.5 Å². The minimum Gasteiger partial charge on any atom is -0.462 e. The molecule has 2 aromatic heterocycles. The zero-order valence-electron chi connectivity index (χ0n) is 23.8. The van der Waals surface area contributed by atoms with Gasteiger partial charge in [-0.15, -0.1) is 0 Å². The molecule has 1 N–H and O–H groups in total. The predicted molar refractivity (Wildman–Crippen MR) is 165 cm³/mol. The van der Waals surface area contributed by atoms with E-state index in [0.29, 0.717) is 35.5 Å². The number of fused-ring (bicyclic) bond motifs is 2. The summed E-state index contributed by atoms with van der Waals surface area (Å²) in [4.78, 5) is 30.0. The van der Waals surface area contributed by atoms with Crippen molar-refractivity contribution in [3.8, 4) is 11.1 Å². The number of pyridine rings is 1. The molecule has 0 atom stereocenters. The first-order chi connectivity index (χ1) is 19.7. The highest BCUT2D eigenvalue weighted by Gasteiger charge is 2.20. The molecule has 0 fully saturated rings. The van der Waals surface area contributed by atoms with Crippen LogP contribution in [-0.2, 0) is 16.2 Å². The van der Waals surface area contributed by atoms with Crippen LogP contribution in [0.2, 0.25) is 25.7 Å². The summed E-state index contributed by atoms with van der Waals surface area (Å²) >= 11 is 0. The van der Waals surface area contributed by atoms with Crippen LogP contribution in [-0.4, -0.2) is 47.9 Å². The van der Waals surface area contributed by atoms with Gasteiger partial charge in [0.15, 0.2) is 5.69 Å². The van der Waals surface area contributed by atoms with Gasteiger partial charge in [0.2, 0.25) is 0 Å². The number of aromatic nitrogens is 3. The number of carbonyl (C=O) groups excluding carboxylic acids is 2. The zero-order valence-corrected chi connectivity index (χ0v) is 24.8. The largest absolute Gasteiger partial charge is 0.462 e. The molecule has 0 spiro atoms. The molecule has 0 radical (unpaired) electrons. The first-order valence-corrected chi connectivity index (χ1v) is 17.4. The van der Waals surface area contributed by atoms with E-state index in [2.05, 4.69) is 41.1 Å². The fourth-order valence-electron chi connectivity index (χ4n) is 4.58. The van der Waals surface area contributed by atoms with E-state index in [4.69, 9.17) is 9.47 Å². The second kappa shape index (κ2) is 12.0. The topological polar surface area (TPSA) is 95.3 Å². The van der Waals surface area contributed by atoms with E-state index >= 15 is 0 Å². The third kappa shape index (κ3) is 6.53. The summed E-state index contributed by atoms with van der Waals surface area (Å²) in [5.74, 6) is -0.757. The molecule has 5 rings (SSSR count). The number of amides is 1. The average molecular weight is 567 g/mol. The smallest absolute Gasteiger partial charge is 0.338 e. The third-order valence-electron chi connectivity index (χ3n) is 6.81. The number of benzene rings is 3. The maximum Gasteiger partial charge on any atom is 0.338 e. The van der Waals surface area contributed by atoms with E-state index in [1.165, 1.54) is 0 Å². The number of nitrogens with one attached hydrogen (secondary N) is 1. The Kier molecular flexibility index (Phi) is 8.28. The number of ether oxygens (including phenoxy) is 2. The highest BCUT2D eigenvalue weighted by Crippen LogP contribution is 2.31. The fourth-order valence-corrected chi connectivity index (χ4v) is 5.34. The monoisotopic (exact) mass is 566 g/mol. The first kappa shape index (κ1) is 28.2. The number of carbonyl (C=O) groups is 2. The maximum absolute atomic E-state index is 13.6. The lowest BCUT2D eigenvalue weighted by Crippen LogP contribution is -2.22. The highest BCUT2D eigenvalue weighted by atomic mass is 28.3. The van der Waals surface area contributed by atoms with E-state index < -0.39 is 14.0 Å². The standard InChI is InChI=1S/C32H34N4O4Si/c1-5-40-32(38)22-10-13-25(14-11-22)34-31(37)30-27-18-23(28-20-33-19-24-8-6-7-9-26(24)28)12-15-29(27)36(35-30)21-39-16-17-41(2,3)4/h6-15,18-20H,5,16-17,21H2,1-4H3,(H,34,37). The van der Waals surface area contributed by atoms with Crippen LogP contribution in [0.4, 0.5) is 5.69 Å². The van der Waals surface area contributed by atoms with Gasteiger partial charge in [0.1, 0.15) is 6.73 Å². The number of hydrogen-bond acceptors (Lipinski definition) is 6. The summed E-state index contributed by atoms with van der Waals surface area (Å²) in [5.41, 5.74) is 3.98. The molecule has 41 heavy (non-hydrogen) atoms. The summed E-state index contributed by atoms with van der Waals surface area (Å²) in [6, 6.07) is 21.7. The van der Waals surface area contributed by atoms with Crippen molar-refractivity contribution in [1.29, 1.82) is 0 Å². The molecule has 0 aliphatic heterocycles. The summed E-state index contributed by atoms with van der Waals surface area (Å²) in [6.45, 7) is 9.88. The van der Waals surface area contributed by atoms with E-state index in [1.54, 1.807) is 35.9 Å². The van der Waals surface area contributed by atoms with Crippen LogP contribution >= 0.6 is 0 Å². The maximum atomic E-state index is 13.6. The molecule has 8 nitrogen and oxygen atoms in total. The molecular weight excluding hydrogens is 532 g/mol. The van der Waals surface area contributed by atoms with Gasteiger partial charge in [0, 0.05) is 49.1 Å². The second-order valence-corrected chi connectivity index (χ2v) is 16.7. The zero-order chi connectivity index (χ0) is 29.0. The Balaban J connectivity index is 1.49. The lowest BCUT2D eigenvalue weighted by molar-refractivity contribution is 0.0526. The van der Waals surface area contributed by atoms with Gasteiger partial charge < -0.3 is 14.8 Å². The molecule has 9 heteroatoms. The number of anilines is 1. The van der Waals surface area contributed by atoms with Crippen LogP contribution in [0.5, 0.6) is 0 Å². The summed E-state index contributed by atoms with van der Waals surface area (Å²) in [6.07, 6.45) is 3.69. The van der Waals surface area contributed by atoms with E-state index in [0.717, 1.165) is 33.5 Å². The Morgan fingerprint density at radius 1 is 0.951 bits per heavy atom. The quantitative estimate of drug-likeness (QED) is 0.111. The molecule has 1 amide bonds. The summed E-state index contributed by atoms with van der Waals surface area (Å²) in [5, 5.41) is 10.4. The normalized spacial score (nSPS) is 11.6. The minimum atomic E-state index is -1.24. The van der Waals surface area contributed by atoms with E-state index in [-0.39, 0.29) is 12.6 Å². The molecule has 0 bridgehead atoms. The van der Waals surface area contributed by atoms with Gasteiger partial charge in [0.25, 0.3) is 5.91 Å². The molecular formula is C32H34N4O4Si. The van der Waals surface area contributed by atoms with Gasteiger partial charge >= 0.3 is 5.97 Å². The average Bonchev–Trinajstić information content (AvgIpc) is 3.33. The molecule has 0 aliphatic carbocycles. The van der Waals surface area contributed by atoms with Gasteiger partial charge in [-0.25, -0.2) is 9.48 Å². The summed E-state index contributed by atoms with van der Waals surface area (Å²) in [7, 11) is -1.24. The molecule has 0 unspecified atom stereocenters. The van der Waals surface area contributed by atoms with Crippen LogP contribution in [0.1, 0.15) is 27.8 Å². The fraction of sp³-hybridized carbons (Fsp3) is 0.250. The van der Waals surface area contributed by atoms with Crippen molar-refractivity contribution < 1.29 is 19.1 Å². The summed E-state index contributed by atoms with van der Waals surface area (Å²) < 4.78 is 12.8.